The van der Waals surface area contributed by atoms with Crippen LogP contribution in [-0.4, -0.2) is 33.6 Å². The van der Waals surface area contributed by atoms with Crippen molar-refractivity contribution in [2.75, 3.05) is 0 Å². The van der Waals surface area contributed by atoms with E-state index >= 15 is 0 Å². The Morgan fingerprint density at radius 3 is 1.42 bits per heavy atom. The van der Waals surface area contributed by atoms with E-state index in [1.54, 1.807) is 6.92 Å². The molecule has 0 radical (unpaired) electrons. The molecular weight excluding hydrogens is 156 g/mol. The zero-order chi connectivity index (χ0) is 9.46. The van der Waals surface area contributed by atoms with Gasteiger partial charge >= 0.3 is 0 Å². The summed E-state index contributed by atoms with van der Waals surface area (Å²) >= 11 is 0. The van der Waals surface area contributed by atoms with E-state index < -0.39 is 18.3 Å². The third kappa shape index (κ3) is 1.37. The Kier molecular flexibility index (Phi) is 2.76. The minimum atomic E-state index is -0.786. The molecule has 72 valence electrons. The fraction of sp³-hybridized carbons (Fsp3) is 1.00. The molecule has 0 amide bonds. The molecule has 0 aromatic carbocycles. The molecule has 1 aliphatic rings. The molecule has 0 unspecified atom stereocenters. The van der Waals surface area contributed by atoms with E-state index in [9.17, 15) is 15.3 Å². The summed E-state index contributed by atoms with van der Waals surface area (Å²) in [6.45, 7) is 5.52. The third-order valence-electron chi connectivity index (χ3n) is 3.33. The number of aliphatic hydroxyl groups is 3. The fourth-order valence-corrected chi connectivity index (χ4v) is 1.92. The smallest absolute Gasteiger partial charge is 0.0852 e. The molecule has 0 aliphatic heterocycles. The van der Waals surface area contributed by atoms with Crippen LogP contribution in [0.3, 0.4) is 0 Å². The summed E-state index contributed by atoms with van der Waals surface area (Å²) in [6.07, 6.45) is -1.98. The van der Waals surface area contributed by atoms with Crippen molar-refractivity contribution in [1.29, 1.82) is 0 Å². The highest BCUT2D eigenvalue weighted by Gasteiger charge is 2.42. The monoisotopic (exact) mass is 174 g/mol. The molecular formula is C9H18O3. The van der Waals surface area contributed by atoms with Crippen LogP contribution in [0, 0.1) is 17.8 Å². The van der Waals surface area contributed by atoms with Gasteiger partial charge in [0.25, 0.3) is 0 Å². The van der Waals surface area contributed by atoms with E-state index in [-0.39, 0.29) is 17.8 Å². The number of aliphatic hydroxyl groups excluding tert-OH is 3. The molecule has 3 heteroatoms. The molecule has 0 heterocycles. The zero-order valence-electron chi connectivity index (χ0n) is 7.81. The lowest BCUT2D eigenvalue weighted by Crippen LogP contribution is -2.52. The number of hydrogen-bond donors (Lipinski definition) is 3. The zero-order valence-corrected chi connectivity index (χ0v) is 7.81. The lowest BCUT2D eigenvalue weighted by Gasteiger charge is -2.42. The molecule has 1 rings (SSSR count). The first-order valence-electron chi connectivity index (χ1n) is 4.51. The SMILES string of the molecule is C[C@H]1[C@H](C)[C@@H](O)[C@@H](O)[C@@H](C)[C@@H]1O. The molecule has 0 aromatic rings. The molecule has 3 N–H and O–H groups in total. The normalized spacial score (nSPS) is 55.5. The second kappa shape index (κ2) is 3.32. The van der Waals surface area contributed by atoms with Crippen LogP contribution < -0.4 is 0 Å². The minimum Gasteiger partial charge on any atom is -0.392 e. The van der Waals surface area contributed by atoms with Gasteiger partial charge in [0.05, 0.1) is 18.3 Å². The first-order chi connectivity index (χ1) is 5.46. The minimum absolute atomic E-state index is 0.0359. The van der Waals surface area contributed by atoms with Gasteiger partial charge in [-0.3, -0.25) is 0 Å². The Balaban J connectivity index is 2.76. The van der Waals surface area contributed by atoms with E-state index in [0.717, 1.165) is 0 Å². The van der Waals surface area contributed by atoms with Gasteiger partial charge in [0, 0.05) is 5.92 Å². The second-order valence-electron chi connectivity index (χ2n) is 4.05. The summed E-state index contributed by atoms with van der Waals surface area (Å²) in [6, 6.07) is 0. The standard InChI is InChI=1S/C9H18O3/c1-4-5(2)8(11)9(12)6(3)7(4)10/h4-12H,1-3H3/t4-,5-,6-,7+,8+,9-/m0/s1. The Morgan fingerprint density at radius 2 is 0.917 bits per heavy atom. The molecule has 0 bridgehead atoms. The van der Waals surface area contributed by atoms with Gasteiger partial charge in [0.15, 0.2) is 0 Å². The summed E-state index contributed by atoms with van der Waals surface area (Å²) in [7, 11) is 0. The van der Waals surface area contributed by atoms with Crippen molar-refractivity contribution in [3.8, 4) is 0 Å². The van der Waals surface area contributed by atoms with Crippen molar-refractivity contribution in [1.82, 2.24) is 0 Å². The molecule has 3 nitrogen and oxygen atoms in total. The largest absolute Gasteiger partial charge is 0.392 e. The van der Waals surface area contributed by atoms with Crippen molar-refractivity contribution >= 4 is 0 Å². The van der Waals surface area contributed by atoms with Crippen molar-refractivity contribution in [3.05, 3.63) is 0 Å². The number of hydrogen-bond acceptors (Lipinski definition) is 3. The van der Waals surface area contributed by atoms with Crippen LogP contribution in [0.2, 0.25) is 0 Å². The van der Waals surface area contributed by atoms with Gasteiger partial charge in [-0.15, -0.1) is 0 Å². The highest BCUT2D eigenvalue weighted by Crippen LogP contribution is 2.33. The van der Waals surface area contributed by atoms with Crippen molar-refractivity contribution < 1.29 is 15.3 Å². The Bertz CT molecular complexity index is 101. The van der Waals surface area contributed by atoms with Crippen molar-refractivity contribution in [3.63, 3.8) is 0 Å². The molecule has 1 saturated carbocycles. The first kappa shape index (κ1) is 9.96. The van der Waals surface area contributed by atoms with Gasteiger partial charge in [-0.2, -0.15) is 0 Å². The van der Waals surface area contributed by atoms with Crippen LogP contribution in [0.25, 0.3) is 0 Å². The topological polar surface area (TPSA) is 60.7 Å². The third-order valence-corrected chi connectivity index (χ3v) is 3.33. The Hall–Kier alpha value is -0.120. The average molecular weight is 174 g/mol. The predicted molar refractivity (Wildman–Crippen MR) is 45.5 cm³/mol. The molecule has 0 aromatic heterocycles. The molecule has 0 spiro atoms. The van der Waals surface area contributed by atoms with E-state index in [2.05, 4.69) is 0 Å². The summed E-state index contributed by atoms with van der Waals surface area (Å²) in [5.41, 5.74) is 0. The summed E-state index contributed by atoms with van der Waals surface area (Å²) < 4.78 is 0. The van der Waals surface area contributed by atoms with Crippen LogP contribution in [0.4, 0.5) is 0 Å². The van der Waals surface area contributed by atoms with Gasteiger partial charge in [0.1, 0.15) is 0 Å². The maximum Gasteiger partial charge on any atom is 0.0852 e. The molecule has 12 heavy (non-hydrogen) atoms. The van der Waals surface area contributed by atoms with E-state index in [4.69, 9.17) is 0 Å². The van der Waals surface area contributed by atoms with Crippen LogP contribution in [0.15, 0.2) is 0 Å². The highest BCUT2D eigenvalue weighted by molar-refractivity contribution is 4.92. The highest BCUT2D eigenvalue weighted by atomic mass is 16.3. The molecule has 0 saturated heterocycles. The Morgan fingerprint density at radius 1 is 0.583 bits per heavy atom. The molecule has 1 aliphatic carbocycles. The maximum atomic E-state index is 9.63. The summed E-state index contributed by atoms with van der Waals surface area (Å²) in [4.78, 5) is 0. The lowest BCUT2D eigenvalue weighted by molar-refractivity contribution is -0.140. The van der Waals surface area contributed by atoms with E-state index in [1.165, 1.54) is 0 Å². The predicted octanol–water partition coefficient (Wildman–Crippen LogP) is -0.00900. The van der Waals surface area contributed by atoms with Gasteiger partial charge < -0.3 is 15.3 Å². The Labute approximate surface area is 73.0 Å². The summed E-state index contributed by atoms with van der Waals surface area (Å²) in [5, 5.41) is 28.7. The van der Waals surface area contributed by atoms with Crippen LogP contribution in [0.1, 0.15) is 20.8 Å². The lowest BCUT2D eigenvalue weighted by atomic mass is 9.71. The van der Waals surface area contributed by atoms with Crippen molar-refractivity contribution in [2.24, 2.45) is 17.8 Å². The van der Waals surface area contributed by atoms with Crippen molar-refractivity contribution in [2.45, 2.75) is 39.1 Å². The number of rotatable bonds is 0. The fourth-order valence-electron chi connectivity index (χ4n) is 1.92. The van der Waals surface area contributed by atoms with Gasteiger partial charge in [-0.05, 0) is 11.8 Å². The van der Waals surface area contributed by atoms with Gasteiger partial charge in [0.2, 0.25) is 0 Å². The second-order valence-corrected chi connectivity index (χ2v) is 4.05. The maximum absolute atomic E-state index is 9.63. The summed E-state index contributed by atoms with van der Waals surface area (Å²) in [5.74, 6) is -0.212. The van der Waals surface area contributed by atoms with Crippen LogP contribution in [-0.2, 0) is 0 Å². The quantitative estimate of drug-likeness (QED) is 0.484. The first-order valence-corrected chi connectivity index (χ1v) is 4.51. The van der Waals surface area contributed by atoms with Crippen LogP contribution in [0.5, 0.6) is 0 Å². The van der Waals surface area contributed by atoms with E-state index in [0.29, 0.717) is 0 Å². The van der Waals surface area contributed by atoms with Gasteiger partial charge in [-0.25, -0.2) is 0 Å². The molecule has 1 fully saturated rings. The van der Waals surface area contributed by atoms with Gasteiger partial charge in [-0.1, -0.05) is 20.8 Å². The molecule has 6 atom stereocenters. The average Bonchev–Trinajstić information content (AvgIpc) is 2.08. The van der Waals surface area contributed by atoms with Crippen LogP contribution >= 0.6 is 0 Å². The van der Waals surface area contributed by atoms with E-state index in [1.807, 2.05) is 13.8 Å².